The lowest BCUT2D eigenvalue weighted by Gasteiger charge is -2.22. The van der Waals surface area contributed by atoms with Gasteiger partial charge >= 0.3 is 0 Å². The van der Waals surface area contributed by atoms with Crippen LogP contribution in [0.5, 0.6) is 0 Å². The smallest absolute Gasteiger partial charge is 0.259 e. The van der Waals surface area contributed by atoms with Crippen molar-refractivity contribution >= 4 is 28.3 Å². The molecule has 1 aromatic carbocycles. The summed E-state index contributed by atoms with van der Waals surface area (Å²) in [6.45, 7) is 3.09. The molecule has 3 N–H and O–H groups in total. The molecule has 2 rings (SSSR count). The van der Waals surface area contributed by atoms with Gasteiger partial charge in [-0.25, -0.2) is 18.1 Å². The van der Waals surface area contributed by atoms with Crippen molar-refractivity contribution in [1.29, 1.82) is 0 Å². The standard InChI is InChI=1S/C18H27N5O3S.ClH/c1-15-21-17(14-22(15)2)27(25,26)20-11-8-18(24)23(13-10-19)12-9-16-6-4-3-5-7-16;/h3-7,14,20H,8-13,19H2,1-2H3;1H. The van der Waals surface area contributed by atoms with Crippen molar-refractivity contribution < 1.29 is 13.2 Å². The minimum Gasteiger partial charge on any atom is -0.341 e. The molecule has 8 nitrogen and oxygen atoms in total. The number of rotatable bonds is 10. The number of aryl methyl sites for hydroxylation is 2. The maximum atomic E-state index is 12.5. The third-order valence-corrected chi connectivity index (χ3v) is 5.59. The summed E-state index contributed by atoms with van der Waals surface area (Å²) in [7, 11) is -2.00. The first-order valence-corrected chi connectivity index (χ1v) is 10.3. The molecular weight excluding hydrogens is 402 g/mol. The van der Waals surface area contributed by atoms with Crippen LogP contribution in [0.15, 0.2) is 41.6 Å². The largest absolute Gasteiger partial charge is 0.341 e. The van der Waals surface area contributed by atoms with Gasteiger partial charge in [0.15, 0.2) is 5.03 Å². The van der Waals surface area contributed by atoms with Crippen LogP contribution in [0.3, 0.4) is 0 Å². The molecule has 0 saturated heterocycles. The third kappa shape index (κ3) is 6.90. The molecule has 2 aromatic rings. The minimum atomic E-state index is -3.73. The average Bonchev–Trinajstić information content (AvgIpc) is 2.99. The summed E-state index contributed by atoms with van der Waals surface area (Å²) in [6.07, 6.45) is 2.24. The van der Waals surface area contributed by atoms with Crippen molar-refractivity contribution in [3.8, 4) is 0 Å². The number of hydrogen-bond acceptors (Lipinski definition) is 5. The topological polar surface area (TPSA) is 110 Å². The number of halogens is 1. The maximum absolute atomic E-state index is 12.5. The SMILES string of the molecule is Cc1nc(S(=O)(=O)NCCC(=O)N(CCN)CCc2ccccc2)cn1C.Cl. The van der Waals surface area contributed by atoms with Gasteiger partial charge in [-0.15, -0.1) is 12.4 Å². The fraction of sp³-hybridized carbons (Fsp3) is 0.444. The van der Waals surface area contributed by atoms with Crippen LogP contribution in [-0.2, 0) is 28.3 Å². The number of amides is 1. The quantitative estimate of drug-likeness (QED) is 0.581. The van der Waals surface area contributed by atoms with Gasteiger partial charge in [0, 0.05) is 45.8 Å². The van der Waals surface area contributed by atoms with Gasteiger partial charge < -0.3 is 15.2 Å². The Labute approximate surface area is 172 Å². The molecule has 0 bridgehead atoms. The number of nitrogens with one attached hydrogen (secondary N) is 1. The highest BCUT2D eigenvalue weighted by atomic mass is 35.5. The molecule has 0 fully saturated rings. The number of imidazole rings is 1. The summed E-state index contributed by atoms with van der Waals surface area (Å²) in [4.78, 5) is 18.1. The highest BCUT2D eigenvalue weighted by molar-refractivity contribution is 7.89. The van der Waals surface area contributed by atoms with E-state index in [0.717, 1.165) is 12.0 Å². The first-order chi connectivity index (χ1) is 12.8. The summed E-state index contributed by atoms with van der Waals surface area (Å²) >= 11 is 0. The van der Waals surface area contributed by atoms with Crippen LogP contribution in [0.25, 0.3) is 0 Å². The van der Waals surface area contributed by atoms with Crippen LogP contribution in [0, 0.1) is 6.92 Å². The molecule has 0 aliphatic heterocycles. The molecule has 10 heteroatoms. The van der Waals surface area contributed by atoms with Crippen LogP contribution in [-0.4, -0.2) is 55.0 Å². The predicted molar refractivity (Wildman–Crippen MR) is 111 cm³/mol. The van der Waals surface area contributed by atoms with Crippen LogP contribution in [0.1, 0.15) is 17.8 Å². The second-order valence-electron chi connectivity index (χ2n) is 6.29. The summed E-state index contributed by atoms with van der Waals surface area (Å²) in [5, 5.41) is -0.0437. The van der Waals surface area contributed by atoms with E-state index in [1.807, 2.05) is 30.3 Å². The molecule has 0 unspecified atom stereocenters. The number of carbonyl (C=O) groups excluding carboxylic acids is 1. The van der Waals surface area contributed by atoms with E-state index in [-0.39, 0.29) is 36.3 Å². The van der Waals surface area contributed by atoms with Gasteiger partial charge in [0.1, 0.15) is 5.82 Å². The Morgan fingerprint density at radius 1 is 1.25 bits per heavy atom. The summed E-state index contributed by atoms with van der Waals surface area (Å²) < 4.78 is 28.6. The number of carbonyl (C=O) groups is 1. The summed E-state index contributed by atoms with van der Waals surface area (Å²) in [5.41, 5.74) is 6.75. The molecule has 1 heterocycles. The van der Waals surface area contributed by atoms with E-state index in [4.69, 9.17) is 5.73 Å². The number of benzene rings is 1. The molecule has 0 atom stereocenters. The molecule has 0 aliphatic carbocycles. The molecule has 156 valence electrons. The van der Waals surface area contributed by atoms with E-state index in [1.165, 1.54) is 6.20 Å². The number of sulfonamides is 1. The monoisotopic (exact) mass is 429 g/mol. The van der Waals surface area contributed by atoms with Gasteiger partial charge in [-0.05, 0) is 18.9 Å². The van der Waals surface area contributed by atoms with E-state index < -0.39 is 10.0 Å². The van der Waals surface area contributed by atoms with Crippen LogP contribution >= 0.6 is 12.4 Å². The average molecular weight is 430 g/mol. The third-order valence-electron chi connectivity index (χ3n) is 4.26. The zero-order valence-corrected chi connectivity index (χ0v) is 17.8. The van der Waals surface area contributed by atoms with Gasteiger partial charge in [-0.2, -0.15) is 0 Å². The summed E-state index contributed by atoms with van der Waals surface area (Å²) in [5.74, 6) is 0.470. The minimum absolute atomic E-state index is 0. The van der Waals surface area contributed by atoms with E-state index in [0.29, 0.717) is 25.5 Å². The van der Waals surface area contributed by atoms with E-state index in [9.17, 15) is 13.2 Å². The Morgan fingerprint density at radius 3 is 2.50 bits per heavy atom. The lowest BCUT2D eigenvalue weighted by atomic mass is 10.1. The van der Waals surface area contributed by atoms with Gasteiger partial charge in [0.25, 0.3) is 10.0 Å². The van der Waals surface area contributed by atoms with Crippen LogP contribution in [0.2, 0.25) is 0 Å². The van der Waals surface area contributed by atoms with E-state index in [2.05, 4.69) is 9.71 Å². The number of hydrogen-bond donors (Lipinski definition) is 2. The van der Waals surface area contributed by atoms with Crippen molar-refractivity contribution in [2.75, 3.05) is 26.2 Å². The number of nitrogens with zero attached hydrogens (tertiary/aromatic N) is 3. The maximum Gasteiger partial charge on any atom is 0.259 e. The van der Waals surface area contributed by atoms with Crippen molar-refractivity contribution in [2.24, 2.45) is 12.8 Å². The Bertz CT molecular complexity index is 836. The Kier molecular flexibility index (Phi) is 9.60. The van der Waals surface area contributed by atoms with Crippen molar-refractivity contribution in [2.45, 2.75) is 24.8 Å². The molecule has 0 saturated carbocycles. The Morgan fingerprint density at radius 2 is 1.93 bits per heavy atom. The van der Waals surface area contributed by atoms with Gasteiger partial charge in [-0.1, -0.05) is 30.3 Å². The normalized spacial score (nSPS) is 11.1. The lowest BCUT2D eigenvalue weighted by molar-refractivity contribution is -0.130. The second-order valence-corrected chi connectivity index (χ2v) is 8.00. The fourth-order valence-corrected chi connectivity index (χ4v) is 3.67. The first kappa shape index (κ1) is 24.1. The van der Waals surface area contributed by atoms with Crippen molar-refractivity contribution in [3.63, 3.8) is 0 Å². The van der Waals surface area contributed by atoms with E-state index >= 15 is 0 Å². The van der Waals surface area contributed by atoms with E-state index in [1.54, 1.807) is 23.4 Å². The van der Waals surface area contributed by atoms with Gasteiger partial charge in [0.05, 0.1) is 0 Å². The summed E-state index contributed by atoms with van der Waals surface area (Å²) in [6, 6.07) is 9.88. The van der Waals surface area contributed by atoms with Crippen LogP contribution < -0.4 is 10.5 Å². The lowest BCUT2D eigenvalue weighted by Crippen LogP contribution is -2.38. The molecule has 1 aromatic heterocycles. The predicted octanol–water partition coefficient (Wildman–Crippen LogP) is 0.849. The van der Waals surface area contributed by atoms with Gasteiger partial charge in [-0.3, -0.25) is 4.79 Å². The molecule has 0 aliphatic rings. The van der Waals surface area contributed by atoms with Gasteiger partial charge in [0.2, 0.25) is 5.91 Å². The molecule has 0 radical (unpaired) electrons. The number of aromatic nitrogens is 2. The Hall–Kier alpha value is -1.94. The Balaban J connectivity index is 0.00000392. The van der Waals surface area contributed by atoms with Crippen LogP contribution in [0.4, 0.5) is 0 Å². The van der Waals surface area contributed by atoms with Crippen molar-refractivity contribution in [1.82, 2.24) is 19.2 Å². The van der Waals surface area contributed by atoms with Crippen molar-refractivity contribution in [3.05, 3.63) is 47.9 Å². The molecule has 28 heavy (non-hydrogen) atoms. The second kappa shape index (κ2) is 11.2. The first-order valence-electron chi connectivity index (χ1n) is 8.85. The fourth-order valence-electron chi connectivity index (χ4n) is 2.61. The highest BCUT2D eigenvalue weighted by Crippen LogP contribution is 2.08. The highest BCUT2D eigenvalue weighted by Gasteiger charge is 2.19. The molecular formula is C18H28ClN5O3S. The molecule has 1 amide bonds. The zero-order valence-electron chi connectivity index (χ0n) is 16.2. The number of nitrogens with two attached hydrogens (primary N) is 1. The zero-order chi connectivity index (χ0) is 19.9. The molecule has 0 spiro atoms.